The molecular weight excluding hydrogens is 677 g/mol. The van der Waals surface area contributed by atoms with E-state index < -0.39 is 0 Å². The van der Waals surface area contributed by atoms with Gasteiger partial charge in [-0.2, -0.15) is 0 Å². The van der Waals surface area contributed by atoms with Crippen LogP contribution in [0.25, 0.3) is 86.6 Å². The largest absolute Gasteiger partial charge is 0.245 e. The lowest BCUT2D eigenvalue weighted by atomic mass is 9.85. The Morgan fingerprint density at radius 2 is 0.808 bits per heavy atom. The summed E-state index contributed by atoms with van der Waals surface area (Å²) in [6, 6.07) is 48.2. The molecule has 0 saturated carbocycles. The molecule has 0 spiro atoms. The molecule has 4 aromatic heterocycles. The third-order valence-electron chi connectivity index (χ3n) is 9.21. The zero-order valence-corrected chi connectivity index (χ0v) is 30.4. The molecule has 52 heavy (non-hydrogen) atoms. The molecule has 0 aliphatic carbocycles. The summed E-state index contributed by atoms with van der Waals surface area (Å²) < 4.78 is 0. The SMILES string of the molecule is CC(C)(C)c1cc(-c2nnc(-c3cccc(-c4cccc5ccccc45)n3)s2)cc(-c2nnc(-c3cccc(-c4cccc5ccccc45)n3)s2)c1. The average molecular weight is 709 g/mol. The van der Waals surface area contributed by atoms with Crippen LogP contribution in [0.1, 0.15) is 26.3 Å². The van der Waals surface area contributed by atoms with Gasteiger partial charge in [0.2, 0.25) is 0 Å². The molecule has 0 aliphatic heterocycles. The zero-order chi connectivity index (χ0) is 35.2. The standard InChI is InChI=1S/C44H32N6S2/c1-44(2,3)31-25-29(40-47-49-42(51-40)38-22-10-20-36(45-38)34-18-8-14-27-12-4-6-16-32(27)34)24-30(26-31)41-48-50-43(52-41)39-23-11-21-37(46-39)35-19-9-15-28-13-5-7-17-33(28)35/h4-26H,1-3H3. The van der Waals surface area contributed by atoms with Crippen molar-refractivity contribution in [2.75, 3.05) is 0 Å². The van der Waals surface area contributed by atoms with Gasteiger partial charge in [0.25, 0.3) is 0 Å². The fourth-order valence-corrected chi connectivity index (χ4v) is 8.10. The molecule has 9 aromatic rings. The van der Waals surface area contributed by atoms with E-state index in [1.807, 2.05) is 24.3 Å². The molecule has 0 N–H and O–H groups in total. The summed E-state index contributed by atoms with van der Waals surface area (Å²) in [5, 5.41) is 26.5. The smallest absolute Gasteiger partial charge is 0.166 e. The maximum atomic E-state index is 5.05. The van der Waals surface area contributed by atoms with Crippen LogP contribution >= 0.6 is 22.7 Å². The highest BCUT2D eigenvalue weighted by Gasteiger charge is 2.21. The van der Waals surface area contributed by atoms with Gasteiger partial charge in [-0.05, 0) is 75.0 Å². The molecule has 0 radical (unpaired) electrons. The molecular formula is C44H32N6S2. The van der Waals surface area contributed by atoms with E-state index in [4.69, 9.17) is 9.97 Å². The Bertz CT molecular complexity index is 2570. The Morgan fingerprint density at radius 1 is 0.404 bits per heavy atom. The summed E-state index contributed by atoms with van der Waals surface area (Å²) in [6.45, 7) is 6.66. The molecule has 5 aromatic carbocycles. The fraction of sp³-hybridized carbons (Fsp3) is 0.0909. The minimum Gasteiger partial charge on any atom is -0.245 e. The van der Waals surface area contributed by atoms with E-state index >= 15 is 0 Å². The topological polar surface area (TPSA) is 77.3 Å². The molecule has 0 bridgehead atoms. The van der Waals surface area contributed by atoms with E-state index in [9.17, 15) is 0 Å². The minimum atomic E-state index is -0.103. The molecule has 9 rings (SSSR count). The number of rotatable bonds is 6. The summed E-state index contributed by atoms with van der Waals surface area (Å²) in [5.41, 5.74) is 8.67. The van der Waals surface area contributed by atoms with Crippen molar-refractivity contribution in [3.8, 4) is 65.1 Å². The molecule has 0 aliphatic rings. The van der Waals surface area contributed by atoms with Crippen molar-refractivity contribution in [2.45, 2.75) is 26.2 Å². The maximum Gasteiger partial charge on any atom is 0.166 e. The van der Waals surface area contributed by atoms with Gasteiger partial charge in [-0.1, -0.05) is 141 Å². The minimum absolute atomic E-state index is 0.103. The van der Waals surface area contributed by atoms with Gasteiger partial charge in [-0.15, -0.1) is 20.4 Å². The maximum absolute atomic E-state index is 5.05. The summed E-state index contributed by atoms with van der Waals surface area (Å²) in [6.07, 6.45) is 0. The monoisotopic (exact) mass is 708 g/mol. The predicted molar refractivity (Wildman–Crippen MR) is 215 cm³/mol. The number of benzene rings is 5. The number of hydrogen-bond donors (Lipinski definition) is 0. The number of pyridine rings is 2. The Balaban J connectivity index is 1.06. The van der Waals surface area contributed by atoms with Crippen molar-refractivity contribution in [1.29, 1.82) is 0 Å². The predicted octanol–water partition coefficient (Wildman–Crippen LogP) is 11.8. The van der Waals surface area contributed by atoms with Crippen molar-refractivity contribution in [3.63, 3.8) is 0 Å². The quantitative estimate of drug-likeness (QED) is 0.171. The van der Waals surface area contributed by atoms with Crippen LogP contribution in [0.2, 0.25) is 0 Å². The second-order valence-corrected chi connectivity index (χ2v) is 15.7. The molecule has 4 heterocycles. The lowest BCUT2D eigenvalue weighted by Crippen LogP contribution is -2.11. The van der Waals surface area contributed by atoms with Crippen LogP contribution in [-0.4, -0.2) is 30.4 Å². The van der Waals surface area contributed by atoms with Gasteiger partial charge >= 0.3 is 0 Å². The number of fused-ring (bicyclic) bond motifs is 2. The zero-order valence-electron chi connectivity index (χ0n) is 28.8. The number of nitrogens with zero attached hydrogens (tertiary/aromatic N) is 6. The fourth-order valence-electron chi connectivity index (χ4n) is 6.50. The first-order chi connectivity index (χ1) is 25.4. The Hall–Kier alpha value is -5.96. The van der Waals surface area contributed by atoms with E-state index in [-0.39, 0.29) is 5.41 Å². The third kappa shape index (κ3) is 6.06. The lowest BCUT2D eigenvalue weighted by molar-refractivity contribution is 0.590. The normalized spacial score (nSPS) is 11.8. The molecule has 0 saturated heterocycles. The molecule has 0 fully saturated rings. The van der Waals surface area contributed by atoms with Gasteiger partial charge in [-0.25, -0.2) is 9.97 Å². The summed E-state index contributed by atoms with van der Waals surface area (Å²) >= 11 is 3.09. The van der Waals surface area contributed by atoms with Gasteiger partial charge in [0, 0.05) is 22.3 Å². The van der Waals surface area contributed by atoms with E-state index in [2.05, 4.69) is 156 Å². The Labute approximate surface area is 309 Å². The average Bonchev–Trinajstić information content (AvgIpc) is 3.89. The summed E-state index contributed by atoms with van der Waals surface area (Å²) in [7, 11) is 0. The number of aromatic nitrogens is 6. The van der Waals surface area contributed by atoms with Gasteiger partial charge in [-0.3, -0.25) is 0 Å². The molecule has 0 amide bonds. The highest BCUT2D eigenvalue weighted by molar-refractivity contribution is 7.18. The van der Waals surface area contributed by atoms with E-state index in [0.717, 1.165) is 65.1 Å². The van der Waals surface area contributed by atoms with Crippen molar-refractivity contribution in [2.24, 2.45) is 0 Å². The van der Waals surface area contributed by atoms with Gasteiger partial charge in [0.05, 0.1) is 11.4 Å². The van der Waals surface area contributed by atoms with Crippen LogP contribution in [0.5, 0.6) is 0 Å². The van der Waals surface area contributed by atoms with Crippen molar-refractivity contribution < 1.29 is 0 Å². The summed E-state index contributed by atoms with van der Waals surface area (Å²) in [4.78, 5) is 10.1. The van der Waals surface area contributed by atoms with E-state index in [1.165, 1.54) is 27.1 Å². The molecule has 0 atom stereocenters. The lowest BCUT2D eigenvalue weighted by Gasteiger charge is -2.20. The first kappa shape index (κ1) is 32.0. The van der Waals surface area contributed by atoms with Crippen LogP contribution < -0.4 is 0 Å². The first-order valence-corrected chi connectivity index (χ1v) is 18.8. The second-order valence-electron chi connectivity index (χ2n) is 13.7. The molecule has 0 unspecified atom stereocenters. The molecule has 6 nitrogen and oxygen atoms in total. The first-order valence-electron chi connectivity index (χ1n) is 17.1. The van der Waals surface area contributed by atoms with Crippen molar-refractivity contribution >= 4 is 44.2 Å². The molecule has 250 valence electrons. The van der Waals surface area contributed by atoms with Gasteiger partial charge < -0.3 is 0 Å². The highest BCUT2D eigenvalue weighted by Crippen LogP contribution is 2.39. The van der Waals surface area contributed by atoms with Gasteiger partial charge in [0.15, 0.2) is 10.0 Å². The van der Waals surface area contributed by atoms with E-state index in [0.29, 0.717) is 0 Å². The van der Waals surface area contributed by atoms with Crippen molar-refractivity contribution in [3.05, 3.63) is 145 Å². The molecule has 8 heteroatoms. The summed E-state index contributed by atoms with van der Waals surface area (Å²) in [5.74, 6) is 0. The Kier molecular flexibility index (Phi) is 7.98. The van der Waals surface area contributed by atoms with Crippen LogP contribution in [-0.2, 0) is 5.41 Å². The Morgan fingerprint density at radius 3 is 1.29 bits per heavy atom. The van der Waals surface area contributed by atoms with Crippen molar-refractivity contribution in [1.82, 2.24) is 30.4 Å². The van der Waals surface area contributed by atoms with Crippen LogP contribution in [0.15, 0.2) is 140 Å². The number of hydrogen-bond acceptors (Lipinski definition) is 8. The third-order valence-corrected chi connectivity index (χ3v) is 11.2. The van der Waals surface area contributed by atoms with Crippen LogP contribution in [0.3, 0.4) is 0 Å². The second kappa shape index (κ2) is 13.0. The van der Waals surface area contributed by atoms with Crippen LogP contribution in [0, 0.1) is 0 Å². The van der Waals surface area contributed by atoms with E-state index in [1.54, 1.807) is 22.7 Å². The highest BCUT2D eigenvalue weighted by atomic mass is 32.1. The van der Waals surface area contributed by atoms with Crippen LogP contribution in [0.4, 0.5) is 0 Å². The van der Waals surface area contributed by atoms with Gasteiger partial charge in [0.1, 0.15) is 21.4 Å².